The first-order valence-corrected chi connectivity index (χ1v) is 16.6. The summed E-state index contributed by atoms with van der Waals surface area (Å²) in [5.41, 5.74) is 9.41. The van der Waals surface area contributed by atoms with Gasteiger partial charge in [0.2, 0.25) is 0 Å². The fraction of sp³-hybridized carbons (Fsp3) is 0. The van der Waals surface area contributed by atoms with Gasteiger partial charge < -0.3 is 9.13 Å². The minimum absolute atomic E-state index is 1.08. The molecule has 8 aromatic rings. The van der Waals surface area contributed by atoms with Crippen LogP contribution in [0.3, 0.4) is 0 Å². The third-order valence-electron chi connectivity index (χ3n) is 7.96. The van der Waals surface area contributed by atoms with Gasteiger partial charge in [-0.25, -0.2) is 0 Å². The molecule has 0 atom stereocenters. The molecule has 0 N–H and O–H groups in total. The molecule has 2 nitrogen and oxygen atoms in total. The molecule has 0 amide bonds. The van der Waals surface area contributed by atoms with Gasteiger partial charge in [-0.2, -0.15) is 0 Å². The minimum Gasteiger partial charge on any atom is -0.309 e. The average molecular weight is 800 g/mol. The van der Waals surface area contributed by atoms with Crippen LogP contribution in [-0.2, 0) is 0 Å². The van der Waals surface area contributed by atoms with Gasteiger partial charge in [0.05, 0.1) is 22.1 Å². The molecule has 0 saturated heterocycles. The van der Waals surface area contributed by atoms with Crippen LogP contribution in [0.25, 0.3) is 66.1 Å². The Balaban J connectivity index is 1.20. The molecule has 0 fully saturated rings. The molecule has 6 heteroatoms. The van der Waals surface area contributed by atoms with Gasteiger partial charge in [0.1, 0.15) is 0 Å². The summed E-state index contributed by atoms with van der Waals surface area (Å²) in [7, 11) is 0. The topological polar surface area (TPSA) is 9.86 Å². The summed E-state index contributed by atoms with van der Waals surface area (Å²) in [6.07, 6.45) is 0. The molecule has 0 bridgehead atoms. The van der Waals surface area contributed by atoms with Gasteiger partial charge in [0.25, 0.3) is 0 Å². The lowest BCUT2D eigenvalue weighted by Gasteiger charge is -2.11. The van der Waals surface area contributed by atoms with Crippen LogP contribution in [0.4, 0.5) is 0 Å². The Bertz CT molecular complexity index is 2040. The molecule has 202 valence electrons. The van der Waals surface area contributed by atoms with Crippen molar-refractivity contribution in [2.24, 2.45) is 0 Å². The van der Waals surface area contributed by atoms with E-state index in [4.69, 9.17) is 0 Å². The summed E-state index contributed by atoms with van der Waals surface area (Å²) in [4.78, 5) is 0. The van der Waals surface area contributed by atoms with E-state index in [0.29, 0.717) is 0 Å². The first-order chi connectivity index (χ1) is 20.4. The average Bonchev–Trinajstić information content (AvgIpc) is 3.48. The maximum Gasteiger partial charge on any atom is 0.0541 e. The lowest BCUT2D eigenvalue weighted by molar-refractivity contribution is 1.18. The van der Waals surface area contributed by atoms with E-state index >= 15 is 0 Å². The van der Waals surface area contributed by atoms with Crippen LogP contribution in [0.5, 0.6) is 0 Å². The fourth-order valence-electron chi connectivity index (χ4n) is 6.10. The lowest BCUT2D eigenvalue weighted by Crippen LogP contribution is -1.94. The highest BCUT2D eigenvalue weighted by atomic mass is 79.9. The van der Waals surface area contributed by atoms with Gasteiger partial charge in [-0.15, -0.1) is 0 Å². The van der Waals surface area contributed by atoms with Gasteiger partial charge in [-0.1, -0.05) is 88.0 Å². The molecule has 0 radical (unpaired) electrons. The van der Waals surface area contributed by atoms with E-state index in [1.807, 2.05) is 0 Å². The number of nitrogens with zero attached hydrogens (tertiary/aromatic N) is 2. The Hall–Kier alpha value is -3.16. The molecule has 0 aliphatic rings. The molecule has 8 rings (SSSR count). The van der Waals surface area contributed by atoms with Gasteiger partial charge in [-0.05, 0) is 108 Å². The van der Waals surface area contributed by atoms with Gasteiger partial charge in [0, 0.05) is 50.8 Å². The molecule has 0 aliphatic heterocycles. The fourth-order valence-corrected chi connectivity index (χ4v) is 7.54. The number of hydrogen-bond donors (Lipinski definition) is 0. The Morgan fingerprint density at radius 2 is 0.571 bits per heavy atom. The van der Waals surface area contributed by atoms with Crippen molar-refractivity contribution in [1.82, 2.24) is 9.13 Å². The second kappa shape index (κ2) is 10.2. The van der Waals surface area contributed by atoms with Gasteiger partial charge in [0.15, 0.2) is 0 Å². The SMILES string of the molecule is Brc1ccc2c(c1)c1cc(Br)ccc1n2-c1ccc(-c2ccc(-n3c4ccc(Br)cc4c4cc(Br)ccc43)cc2)cc1. The number of hydrogen-bond acceptors (Lipinski definition) is 0. The van der Waals surface area contributed by atoms with Crippen molar-refractivity contribution >= 4 is 107 Å². The van der Waals surface area contributed by atoms with E-state index in [1.54, 1.807) is 0 Å². The summed E-state index contributed by atoms with van der Waals surface area (Å²) < 4.78 is 9.00. The van der Waals surface area contributed by atoms with Crippen LogP contribution < -0.4 is 0 Å². The van der Waals surface area contributed by atoms with E-state index in [9.17, 15) is 0 Å². The molecular weight excluding hydrogens is 780 g/mol. The highest BCUT2D eigenvalue weighted by Gasteiger charge is 2.15. The molecule has 0 aliphatic carbocycles. The van der Waals surface area contributed by atoms with Crippen LogP contribution in [0.15, 0.2) is 139 Å². The summed E-state index contributed by atoms with van der Waals surface area (Å²) >= 11 is 14.6. The standard InChI is InChI=1S/C36H20Br4N2/c37-23-5-13-33-29(17-23)30-18-24(38)6-14-34(30)41(33)27-9-1-21(2-10-27)22-3-11-28(12-4-22)42-35-15-7-25(39)19-31(35)32-20-26(40)8-16-36(32)42/h1-20H. The second-order valence-corrected chi connectivity index (χ2v) is 14.1. The Morgan fingerprint density at radius 3 is 0.833 bits per heavy atom. The lowest BCUT2D eigenvalue weighted by atomic mass is 10.0. The summed E-state index contributed by atoms with van der Waals surface area (Å²) in [5.74, 6) is 0. The zero-order valence-corrected chi connectivity index (χ0v) is 28.3. The zero-order valence-electron chi connectivity index (χ0n) is 22.0. The molecule has 0 saturated carbocycles. The van der Waals surface area contributed by atoms with Crippen LogP contribution in [0.1, 0.15) is 0 Å². The minimum atomic E-state index is 1.08. The molecule has 0 unspecified atom stereocenters. The monoisotopic (exact) mass is 796 g/mol. The molecule has 2 heterocycles. The maximum absolute atomic E-state index is 3.66. The number of rotatable bonds is 3. The van der Waals surface area contributed by atoms with E-state index in [1.165, 1.54) is 54.7 Å². The Morgan fingerprint density at radius 1 is 0.310 bits per heavy atom. The van der Waals surface area contributed by atoms with Crippen LogP contribution >= 0.6 is 63.7 Å². The van der Waals surface area contributed by atoms with E-state index in [0.717, 1.165) is 29.3 Å². The highest BCUT2D eigenvalue weighted by molar-refractivity contribution is 9.11. The van der Waals surface area contributed by atoms with Crippen molar-refractivity contribution in [1.29, 1.82) is 0 Å². The molecule has 0 spiro atoms. The van der Waals surface area contributed by atoms with Gasteiger partial charge in [-0.3, -0.25) is 0 Å². The first-order valence-electron chi connectivity index (χ1n) is 13.4. The van der Waals surface area contributed by atoms with Crippen molar-refractivity contribution in [2.75, 3.05) is 0 Å². The number of aromatic nitrogens is 2. The Kier molecular flexibility index (Phi) is 6.45. The first kappa shape index (κ1) is 26.5. The molecule has 2 aromatic heterocycles. The van der Waals surface area contributed by atoms with Gasteiger partial charge >= 0.3 is 0 Å². The maximum atomic E-state index is 3.66. The summed E-state index contributed by atoms with van der Waals surface area (Å²) in [5, 5.41) is 4.91. The molecular formula is C36H20Br4N2. The molecule has 42 heavy (non-hydrogen) atoms. The normalized spacial score (nSPS) is 11.8. The number of benzene rings is 6. The van der Waals surface area contributed by atoms with Crippen molar-refractivity contribution in [3.05, 3.63) is 139 Å². The third kappa shape index (κ3) is 4.31. The zero-order chi connectivity index (χ0) is 28.5. The predicted octanol–water partition coefficient (Wildman–Crippen LogP) is 12.6. The van der Waals surface area contributed by atoms with E-state index in [-0.39, 0.29) is 0 Å². The van der Waals surface area contributed by atoms with Crippen molar-refractivity contribution in [2.45, 2.75) is 0 Å². The third-order valence-corrected chi connectivity index (χ3v) is 9.94. The molecule has 6 aromatic carbocycles. The largest absolute Gasteiger partial charge is 0.309 e. The number of halogens is 4. The van der Waals surface area contributed by atoms with E-state index < -0.39 is 0 Å². The van der Waals surface area contributed by atoms with Crippen LogP contribution in [-0.4, -0.2) is 9.13 Å². The van der Waals surface area contributed by atoms with Crippen LogP contribution in [0, 0.1) is 0 Å². The quantitative estimate of drug-likeness (QED) is 0.168. The van der Waals surface area contributed by atoms with Crippen molar-refractivity contribution in [3.8, 4) is 22.5 Å². The van der Waals surface area contributed by atoms with E-state index in [2.05, 4.69) is 194 Å². The highest BCUT2D eigenvalue weighted by Crippen LogP contribution is 2.37. The van der Waals surface area contributed by atoms with Crippen molar-refractivity contribution in [3.63, 3.8) is 0 Å². The predicted molar refractivity (Wildman–Crippen MR) is 191 cm³/mol. The van der Waals surface area contributed by atoms with Crippen LogP contribution in [0.2, 0.25) is 0 Å². The summed E-state index contributed by atoms with van der Waals surface area (Å²) in [6.45, 7) is 0. The summed E-state index contributed by atoms with van der Waals surface area (Å²) in [6, 6.07) is 43.7. The van der Waals surface area contributed by atoms with Crippen molar-refractivity contribution < 1.29 is 0 Å². The number of fused-ring (bicyclic) bond motifs is 6. The smallest absolute Gasteiger partial charge is 0.0541 e. The Labute approximate surface area is 276 Å². The second-order valence-electron chi connectivity index (χ2n) is 10.4.